The van der Waals surface area contributed by atoms with E-state index in [2.05, 4.69) is 15.2 Å². The number of urea groups is 1. The van der Waals surface area contributed by atoms with Gasteiger partial charge in [0, 0.05) is 54.5 Å². The minimum atomic E-state index is -0.134. The number of hydrogen-bond donors (Lipinski definition) is 2. The summed E-state index contributed by atoms with van der Waals surface area (Å²) in [6, 6.07) is 16.7. The zero-order valence-electron chi connectivity index (χ0n) is 15.3. The largest absolute Gasteiger partial charge is 0.322 e. The fourth-order valence-corrected chi connectivity index (χ4v) is 3.62. The van der Waals surface area contributed by atoms with E-state index in [0.29, 0.717) is 30.3 Å². The van der Waals surface area contributed by atoms with E-state index < -0.39 is 0 Å². The van der Waals surface area contributed by atoms with Crippen LogP contribution in [-0.4, -0.2) is 47.0 Å². The Bertz CT molecular complexity index is 1060. The molecule has 1 aromatic heterocycles. The van der Waals surface area contributed by atoms with Crippen molar-refractivity contribution in [3.63, 3.8) is 0 Å². The summed E-state index contributed by atoms with van der Waals surface area (Å²) in [5.74, 6) is 0. The van der Waals surface area contributed by atoms with Crippen LogP contribution in [0.2, 0.25) is 5.02 Å². The molecule has 144 valence electrons. The van der Waals surface area contributed by atoms with Crippen LogP contribution in [0.5, 0.6) is 0 Å². The summed E-state index contributed by atoms with van der Waals surface area (Å²) < 4.78 is 0. The van der Waals surface area contributed by atoms with Crippen molar-refractivity contribution >= 4 is 34.2 Å². The molecule has 1 saturated heterocycles. The predicted octanol–water partition coefficient (Wildman–Crippen LogP) is 3.53. The van der Waals surface area contributed by atoms with E-state index >= 15 is 0 Å². The van der Waals surface area contributed by atoms with Crippen LogP contribution in [-0.2, 0) is 6.54 Å². The number of piperazine rings is 1. The van der Waals surface area contributed by atoms with E-state index in [-0.39, 0.29) is 11.6 Å². The number of pyridine rings is 1. The van der Waals surface area contributed by atoms with Crippen molar-refractivity contribution in [2.45, 2.75) is 6.54 Å². The van der Waals surface area contributed by atoms with Crippen LogP contribution in [0.15, 0.2) is 59.4 Å². The summed E-state index contributed by atoms with van der Waals surface area (Å²) in [5, 5.41) is 4.49. The average Bonchev–Trinajstić information content (AvgIpc) is 2.69. The number of aromatic nitrogens is 1. The highest BCUT2D eigenvalue weighted by atomic mass is 35.5. The lowest BCUT2D eigenvalue weighted by Crippen LogP contribution is -2.49. The van der Waals surface area contributed by atoms with Gasteiger partial charge in [-0.1, -0.05) is 35.9 Å². The number of rotatable bonds is 3. The number of nitrogens with zero attached hydrogens (tertiary/aromatic N) is 2. The third-order valence-corrected chi connectivity index (χ3v) is 5.19. The number of carbonyl (C=O) groups is 1. The smallest absolute Gasteiger partial charge is 0.321 e. The molecule has 0 saturated carbocycles. The Morgan fingerprint density at radius 2 is 1.82 bits per heavy atom. The van der Waals surface area contributed by atoms with Crippen LogP contribution in [0.1, 0.15) is 5.56 Å². The lowest BCUT2D eigenvalue weighted by atomic mass is 10.1. The Labute approximate surface area is 167 Å². The molecular weight excluding hydrogens is 376 g/mol. The topological polar surface area (TPSA) is 68.4 Å². The van der Waals surface area contributed by atoms with Crippen LogP contribution >= 0.6 is 11.6 Å². The molecule has 0 bridgehead atoms. The van der Waals surface area contributed by atoms with Gasteiger partial charge in [0.2, 0.25) is 0 Å². The first-order valence-electron chi connectivity index (χ1n) is 9.23. The summed E-state index contributed by atoms with van der Waals surface area (Å²) in [7, 11) is 0. The van der Waals surface area contributed by atoms with E-state index in [0.717, 1.165) is 29.6 Å². The summed E-state index contributed by atoms with van der Waals surface area (Å²) in [5.41, 5.74) is 2.22. The molecule has 2 amide bonds. The highest BCUT2D eigenvalue weighted by molar-refractivity contribution is 6.30. The fraction of sp³-hybridized carbons (Fsp3) is 0.238. The van der Waals surface area contributed by atoms with Crippen molar-refractivity contribution < 1.29 is 4.79 Å². The third kappa shape index (κ3) is 4.18. The third-order valence-electron chi connectivity index (χ3n) is 4.96. The standard InChI is InChI=1S/C21H21ClN4O2/c22-17-5-3-6-18(13-17)23-21(28)26-10-8-25(9-11-26)14-16-12-15-4-1-2-7-19(15)24-20(16)27/h1-7,12-13H,8-11,14H2,(H,23,28)(H,24,27). The first-order chi connectivity index (χ1) is 13.6. The first kappa shape index (κ1) is 18.5. The number of amides is 2. The number of anilines is 1. The van der Waals surface area contributed by atoms with E-state index in [1.54, 1.807) is 23.1 Å². The fourth-order valence-electron chi connectivity index (χ4n) is 3.43. The molecule has 2 heterocycles. The Kier molecular flexibility index (Phi) is 5.32. The minimum absolute atomic E-state index is 0.0557. The Morgan fingerprint density at radius 3 is 2.61 bits per heavy atom. The van der Waals surface area contributed by atoms with E-state index in [4.69, 9.17) is 11.6 Å². The van der Waals surface area contributed by atoms with Crippen LogP contribution in [0, 0.1) is 0 Å². The maximum atomic E-state index is 12.4. The van der Waals surface area contributed by atoms with Gasteiger partial charge >= 0.3 is 6.03 Å². The summed E-state index contributed by atoms with van der Waals surface area (Å²) in [6.45, 7) is 3.23. The number of hydrogen-bond acceptors (Lipinski definition) is 3. The van der Waals surface area contributed by atoms with Gasteiger partial charge in [-0.05, 0) is 35.7 Å². The number of halogens is 1. The zero-order valence-corrected chi connectivity index (χ0v) is 16.1. The molecule has 0 spiro atoms. The molecular formula is C21H21ClN4O2. The highest BCUT2D eigenvalue weighted by Gasteiger charge is 2.22. The number of benzene rings is 2. The number of carbonyl (C=O) groups excluding carboxylic acids is 1. The highest BCUT2D eigenvalue weighted by Crippen LogP contribution is 2.16. The van der Waals surface area contributed by atoms with Crippen LogP contribution in [0.4, 0.5) is 10.5 Å². The molecule has 4 rings (SSSR count). The van der Waals surface area contributed by atoms with Crippen molar-refractivity contribution in [2.24, 2.45) is 0 Å². The van der Waals surface area contributed by atoms with Crippen molar-refractivity contribution in [2.75, 3.05) is 31.5 Å². The van der Waals surface area contributed by atoms with Gasteiger partial charge in [0.05, 0.1) is 0 Å². The van der Waals surface area contributed by atoms with Crippen molar-refractivity contribution in [1.82, 2.24) is 14.8 Å². The first-order valence-corrected chi connectivity index (χ1v) is 9.61. The predicted molar refractivity (Wildman–Crippen MR) is 112 cm³/mol. The molecule has 1 fully saturated rings. The molecule has 0 atom stereocenters. The maximum absolute atomic E-state index is 12.4. The molecule has 1 aliphatic heterocycles. The minimum Gasteiger partial charge on any atom is -0.322 e. The number of H-pyrrole nitrogens is 1. The van der Waals surface area contributed by atoms with E-state index in [1.165, 1.54) is 0 Å². The van der Waals surface area contributed by atoms with Crippen LogP contribution < -0.4 is 10.9 Å². The SMILES string of the molecule is O=C(Nc1cccc(Cl)c1)N1CCN(Cc2cc3ccccc3[nH]c2=O)CC1. The van der Waals surface area contributed by atoms with Gasteiger partial charge in [-0.2, -0.15) is 0 Å². The van der Waals surface area contributed by atoms with E-state index in [9.17, 15) is 9.59 Å². The molecule has 3 aromatic rings. The Balaban J connectivity index is 1.36. The van der Waals surface area contributed by atoms with Gasteiger partial charge in [0.15, 0.2) is 0 Å². The van der Waals surface area contributed by atoms with Crippen LogP contribution in [0.3, 0.4) is 0 Å². The second-order valence-corrected chi connectivity index (χ2v) is 7.35. The van der Waals surface area contributed by atoms with Gasteiger partial charge in [-0.25, -0.2) is 4.79 Å². The molecule has 2 aromatic carbocycles. The molecule has 1 aliphatic rings. The lowest BCUT2D eigenvalue weighted by Gasteiger charge is -2.34. The second-order valence-electron chi connectivity index (χ2n) is 6.91. The molecule has 28 heavy (non-hydrogen) atoms. The number of para-hydroxylation sites is 1. The number of aromatic amines is 1. The second kappa shape index (κ2) is 8.04. The molecule has 2 N–H and O–H groups in total. The normalized spacial score (nSPS) is 15.0. The van der Waals surface area contributed by atoms with Gasteiger partial charge in [0.1, 0.15) is 0 Å². The Morgan fingerprint density at radius 1 is 1.04 bits per heavy atom. The van der Waals surface area contributed by atoms with Crippen molar-refractivity contribution in [3.05, 3.63) is 75.5 Å². The maximum Gasteiger partial charge on any atom is 0.321 e. The molecule has 6 nitrogen and oxygen atoms in total. The van der Waals surface area contributed by atoms with Gasteiger partial charge < -0.3 is 15.2 Å². The molecule has 0 aliphatic carbocycles. The van der Waals surface area contributed by atoms with Gasteiger partial charge in [-0.15, -0.1) is 0 Å². The number of nitrogens with one attached hydrogen (secondary N) is 2. The van der Waals surface area contributed by atoms with E-state index in [1.807, 2.05) is 36.4 Å². The molecule has 0 radical (unpaired) electrons. The summed E-state index contributed by atoms with van der Waals surface area (Å²) in [6.07, 6.45) is 0. The van der Waals surface area contributed by atoms with Crippen LogP contribution in [0.25, 0.3) is 10.9 Å². The monoisotopic (exact) mass is 396 g/mol. The summed E-state index contributed by atoms with van der Waals surface area (Å²) >= 11 is 5.96. The average molecular weight is 397 g/mol. The number of fused-ring (bicyclic) bond motifs is 1. The quantitative estimate of drug-likeness (QED) is 0.711. The van der Waals surface area contributed by atoms with Gasteiger partial charge in [-0.3, -0.25) is 9.69 Å². The lowest BCUT2D eigenvalue weighted by molar-refractivity contribution is 0.142. The van der Waals surface area contributed by atoms with Crippen molar-refractivity contribution in [3.8, 4) is 0 Å². The Hall–Kier alpha value is -2.83. The van der Waals surface area contributed by atoms with Gasteiger partial charge in [0.25, 0.3) is 5.56 Å². The molecule has 7 heteroatoms. The molecule has 0 unspecified atom stereocenters. The zero-order chi connectivity index (χ0) is 19.5. The summed E-state index contributed by atoms with van der Waals surface area (Å²) in [4.78, 5) is 31.7. The van der Waals surface area contributed by atoms with Crippen molar-refractivity contribution in [1.29, 1.82) is 0 Å².